The first kappa shape index (κ1) is 10.1. The van der Waals surface area contributed by atoms with E-state index in [0.717, 1.165) is 10.8 Å². The molecule has 2 heteroatoms. The third-order valence-corrected chi connectivity index (χ3v) is 3.70. The molecule has 0 saturated carbocycles. The summed E-state index contributed by atoms with van der Waals surface area (Å²) in [6.45, 7) is 0. The van der Waals surface area contributed by atoms with Gasteiger partial charge in [0.1, 0.15) is 0 Å². The van der Waals surface area contributed by atoms with Crippen LogP contribution in [-0.2, 0) is 0 Å². The van der Waals surface area contributed by atoms with E-state index in [2.05, 4.69) is 18.2 Å². The Bertz CT molecular complexity index is 327. The van der Waals surface area contributed by atoms with Crippen LogP contribution in [0.25, 0.3) is 5.57 Å². The Morgan fingerprint density at radius 2 is 1.93 bits per heavy atom. The summed E-state index contributed by atoms with van der Waals surface area (Å²) in [5.41, 5.74) is 2.79. The monoisotopic (exact) mass is 224 g/mol. The van der Waals surface area contributed by atoms with Gasteiger partial charge in [0.05, 0.1) is 0 Å². The fourth-order valence-corrected chi connectivity index (χ4v) is 2.71. The number of rotatable bonds is 1. The molecule has 0 saturated heterocycles. The highest BCUT2D eigenvalue weighted by molar-refractivity contribution is 7.99. The van der Waals surface area contributed by atoms with Crippen molar-refractivity contribution in [3.8, 4) is 0 Å². The predicted octanol–water partition coefficient (Wildman–Crippen LogP) is 4.25. The van der Waals surface area contributed by atoms with E-state index in [1.165, 1.54) is 29.7 Å². The van der Waals surface area contributed by atoms with Crippen LogP contribution < -0.4 is 0 Å². The number of benzene rings is 1. The molecule has 0 fully saturated rings. The topological polar surface area (TPSA) is 0 Å². The molecule has 0 bridgehead atoms. The normalized spacial score (nSPS) is 17.4. The van der Waals surface area contributed by atoms with E-state index < -0.39 is 0 Å². The van der Waals surface area contributed by atoms with Gasteiger partial charge in [-0.15, -0.1) is 0 Å². The molecule has 0 amide bonds. The minimum absolute atomic E-state index is 0.815. The van der Waals surface area contributed by atoms with E-state index >= 15 is 0 Å². The second-order valence-electron chi connectivity index (χ2n) is 3.43. The molecule has 1 aliphatic heterocycles. The van der Waals surface area contributed by atoms with Crippen LogP contribution in [0, 0.1) is 0 Å². The smallest absolute Gasteiger partial charge is 0.0406 e. The van der Waals surface area contributed by atoms with Crippen LogP contribution >= 0.6 is 23.4 Å². The minimum atomic E-state index is 0.815. The summed E-state index contributed by atoms with van der Waals surface area (Å²) in [4.78, 5) is 0. The molecular weight excluding hydrogens is 212 g/mol. The van der Waals surface area contributed by atoms with Crippen LogP contribution in [0.5, 0.6) is 0 Å². The molecule has 0 aliphatic carbocycles. The SMILES string of the molecule is Clc1ccc(C2=CCCCSC2)cc1. The van der Waals surface area contributed by atoms with Crippen molar-refractivity contribution in [1.29, 1.82) is 0 Å². The Balaban J connectivity index is 2.20. The highest BCUT2D eigenvalue weighted by Crippen LogP contribution is 2.25. The number of hydrogen-bond acceptors (Lipinski definition) is 1. The second-order valence-corrected chi connectivity index (χ2v) is 4.97. The van der Waals surface area contributed by atoms with Gasteiger partial charge < -0.3 is 0 Å². The lowest BCUT2D eigenvalue weighted by Gasteiger charge is -2.04. The quantitative estimate of drug-likeness (QED) is 0.687. The van der Waals surface area contributed by atoms with Crippen molar-refractivity contribution in [1.82, 2.24) is 0 Å². The lowest BCUT2D eigenvalue weighted by Crippen LogP contribution is -1.86. The van der Waals surface area contributed by atoms with Crippen LogP contribution in [0.2, 0.25) is 5.02 Å². The number of halogens is 1. The van der Waals surface area contributed by atoms with Crippen LogP contribution in [0.15, 0.2) is 30.3 Å². The van der Waals surface area contributed by atoms with Crippen molar-refractivity contribution in [2.45, 2.75) is 12.8 Å². The largest absolute Gasteiger partial charge is 0.157 e. The van der Waals surface area contributed by atoms with E-state index in [-0.39, 0.29) is 0 Å². The van der Waals surface area contributed by atoms with E-state index in [0.29, 0.717) is 0 Å². The lowest BCUT2D eigenvalue weighted by atomic mass is 10.1. The van der Waals surface area contributed by atoms with Crippen molar-refractivity contribution >= 4 is 28.9 Å². The Morgan fingerprint density at radius 3 is 2.71 bits per heavy atom. The minimum Gasteiger partial charge on any atom is -0.157 e. The first-order valence-corrected chi connectivity index (χ1v) is 6.42. The Kier molecular flexibility index (Phi) is 3.55. The molecule has 0 N–H and O–H groups in total. The summed E-state index contributed by atoms with van der Waals surface area (Å²) in [6, 6.07) is 8.15. The van der Waals surface area contributed by atoms with Gasteiger partial charge in [-0.05, 0) is 41.9 Å². The second kappa shape index (κ2) is 4.90. The highest BCUT2D eigenvalue weighted by Gasteiger charge is 2.04. The van der Waals surface area contributed by atoms with Crippen LogP contribution in [0.1, 0.15) is 18.4 Å². The number of allylic oxidation sites excluding steroid dienone is 1. The van der Waals surface area contributed by atoms with Crippen molar-refractivity contribution in [2.75, 3.05) is 11.5 Å². The zero-order valence-corrected chi connectivity index (χ0v) is 9.57. The standard InChI is InChI=1S/C12H13ClS/c13-12-6-4-10(5-7-12)11-3-1-2-8-14-9-11/h3-7H,1-2,8-9H2. The average molecular weight is 225 g/mol. The first-order valence-electron chi connectivity index (χ1n) is 4.89. The maximum absolute atomic E-state index is 5.86. The molecule has 2 rings (SSSR count). The molecule has 0 spiro atoms. The van der Waals surface area contributed by atoms with Gasteiger partial charge in [0.25, 0.3) is 0 Å². The van der Waals surface area contributed by atoms with Crippen molar-refractivity contribution in [3.63, 3.8) is 0 Å². The molecular formula is C12H13ClS. The van der Waals surface area contributed by atoms with Gasteiger partial charge >= 0.3 is 0 Å². The molecule has 0 radical (unpaired) electrons. The maximum Gasteiger partial charge on any atom is 0.0406 e. The fraction of sp³-hybridized carbons (Fsp3) is 0.333. The van der Waals surface area contributed by atoms with Gasteiger partial charge in [-0.2, -0.15) is 11.8 Å². The highest BCUT2D eigenvalue weighted by atomic mass is 35.5. The molecule has 0 atom stereocenters. The molecule has 1 heterocycles. The average Bonchev–Trinajstić information content (AvgIpc) is 2.47. The van der Waals surface area contributed by atoms with Crippen LogP contribution in [0.4, 0.5) is 0 Å². The summed E-state index contributed by atoms with van der Waals surface area (Å²) in [7, 11) is 0. The third kappa shape index (κ3) is 2.55. The third-order valence-electron chi connectivity index (χ3n) is 2.36. The Hall–Kier alpha value is -0.400. The zero-order valence-electron chi connectivity index (χ0n) is 8.00. The van der Waals surface area contributed by atoms with Crippen molar-refractivity contribution < 1.29 is 0 Å². The number of thioether (sulfide) groups is 1. The molecule has 1 aliphatic rings. The van der Waals surface area contributed by atoms with Crippen LogP contribution in [0.3, 0.4) is 0 Å². The fourth-order valence-electron chi connectivity index (χ4n) is 1.57. The molecule has 1 aromatic carbocycles. The van der Waals surface area contributed by atoms with Crippen LogP contribution in [-0.4, -0.2) is 11.5 Å². The summed E-state index contributed by atoms with van der Waals surface area (Å²) in [6.07, 6.45) is 4.88. The summed E-state index contributed by atoms with van der Waals surface area (Å²) < 4.78 is 0. The van der Waals surface area contributed by atoms with Gasteiger partial charge in [0.15, 0.2) is 0 Å². The lowest BCUT2D eigenvalue weighted by molar-refractivity contribution is 0.979. The van der Waals surface area contributed by atoms with E-state index in [4.69, 9.17) is 11.6 Å². The molecule has 0 unspecified atom stereocenters. The van der Waals surface area contributed by atoms with Gasteiger partial charge in [-0.25, -0.2) is 0 Å². The molecule has 0 aromatic heterocycles. The van der Waals surface area contributed by atoms with Gasteiger partial charge in [0, 0.05) is 10.8 Å². The number of hydrogen-bond donors (Lipinski definition) is 0. The van der Waals surface area contributed by atoms with Gasteiger partial charge in [-0.1, -0.05) is 29.8 Å². The van der Waals surface area contributed by atoms with Crippen molar-refractivity contribution in [2.24, 2.45) is 0 Å². The summed E-state index contributed by atoms with van der Waals surface area (Å²) in [5.74, 6) is 2.43. The molecule has 14 heavy (non-hydrogen) atoms. The molecule has 1 aromatic rings. The summed E-state index contributed by atoms with van der Waals surface area (Å²) in [5, 5.41) is 0.815. The van der Waals surface area contributed by atoms with Gasteiger partial charge in [-0.3, -0.25) is 0 Å². The van der Waals surface area contributed by atoms with Crippen molar-refractivity contribution in [3.05, 3.63) is 40.9 Å². The predicted molar refractivity (Wildman–Crippen MR) is 66.0 cm³/mol. The first-order chi connectivity index (χ1) is 6.86. The zero-order chi connectivity index (χ0) is 9.80. The Labute approximate surface area is 94.4 Å². The molecule has 0 nitrogen and oxygen atoms in total. The van der Waals surface area contributed by atoms with E-state index in [1.54, 1.807) is 0 Å². The summed E-state index contributed by atoms with van der Waals surface area (Å²) >= 11 is 7.88. The van der Waals surface area contributed by atoms with E-state index in [9.17, 15) is 0 Å². The van der Waals surface area contributed by atoms with Gasteiger partial charge in [0.2, 0.25) is 0 Å². The van der Waals surface area contributed by atoms with E-state index in [1.807, 2.05) is 23.9 Å². The Morgan fingerprint density at radius 1 is 1.14 bits per heavy atom. The maximum atomic E-state index is 5.86. The molecule has 74 valence electrons.